The summed E-state index contributed by atoms with van der Waals surface area (Å²) < 4.78 is 10.4. The molecular weight excluding hydrogens is 276 g/mol. The van der Waals surface area contributed by atoms with Gasteiger partial charge in [-0.1, -0.05) is 0 Å². The normalized spacial score (nSPS) is 8.95. The Morgan fingerprint density at radius 1 is 1.38 bits per heavy atom. The molecule has 0 heterocycles. The minimum absolute atomic E-state index is 0.0748. The number of aromatic carboxylic acids is 1. The standard InChI is InChI=1S/C13H12N4O4/c1-3-21-12-4-9(13(18)19)10(5-11(12)20-2)17-16-8(6-14)7-15/h4-5,17H,3H2,1-2H3,(H,18,19). The molecule has 0 amide bonds. The number of methoxy groups -OCH3 is 1. The third-order valence-electron chi connectivity index (χ3n) is 2.33. The summed E-state index contributed by atoms with van der Waals surface area (Å²) in [6.45, 7) is 2.09. The first-order valence-electron chi connectivity index (χ1n) is 5.79. The predicted molar refractivity (Wildman–Crippen MR) is 73.4 cm³/mol. The van der Waals surface area contributed by atoms with Crippen LogP contribution in [-0.4, -0.2) is 30.5 Å². The molecule has 0 radical (unpaired) electrons. The van der Waals surface area contributed by atoms with E-state index in [-0.39, 0.29) is 17.0 Å². The number of ether oxygens (including phenoxy) is 2. The zero-order valence-corrected chi connectivity index (χ0v) is 11.4. The molecular formula is C13H12N4O4. The highest BCUT2D eigenvalue weighted by molar-refractivity contribution is 6.10. The molecule has 8 nitrogen and oxygen atoms in total. The van der Waals surface area contributed by atoms with E-state index in [9.17, 15) is 9.90 Å². The maximum absolute atomic E-state index is 11.2. The third kappa shape index (κ3) is 3.85. The Morgan fingerprint density at radius 3 is 2.52 bits per heavy atom. The van der Waals surface area contributed by atoms with Crippen LogP contribution in [0.15, 0.2) is 17.2 Å². The van der Waals surface area contributed by atoms with Crippen molar-refractivity contribution in [2.24, 2.45) is 5.10 Å². The summed E-state index contributed by atoms with van der Waals surface area (Å²) in [5.41, 5.74) is 1.88. The van der Waals surface area contributed by atoms with Crippen LogP contribution in [0.4, 0.5) is 5.69 Å². The highest BCUT2D eigenvalue weighted by Gasteiger charge is 2.16. The van der Waals surface area contributed by atoms with Gasteiger partial charge in [0.25, 0.3) is 0 Å². The molecule has 108 valence electrons. The van der Waals surface area contributed by atoms with E-state index >= 15 is 0 Å². The van der Waals surface area contributed by atoms with Crippen molar-refractivity contribution in [1.29, 1.82) is 10.5 Å². The van der Waals surface area contributed by atoms with Gasteiger partial charge in [0.15, 0.2) is 11.5 Å². The van der Waals surface area contributed by atoms with E-state index in [1.54, 1.807) is 19.1 Å². The average molecular weight is 288 g/mol. The van der Waals surface area contributed by atoms with Crippen molar-refractivity contribution in [1.82, 2.24) is 0 Å². The van der Waals surface area contributed by atoms with Gasteiger partial charge in [0.1, 0.15) is 12.1 Å². The number of nitrogens with zero attached hydrogens (tertiary/aromatic N) is 3. The van der Waals surface area contributed by atoms with Gasteiger partial charge in [-0.2, -0.15) is 15.6 Å². The fraction of sp³-hybridized carbons (Fsp3) is 0.231. The second-order valence-electron chi connectivity index (χ2n) is 3.58. The number of anilines is 1. The van der Waals surface area contributed by atoms with E-state index in [0.29, 0.717) is 12.4 Å². The summed E-state index contributed by atoms with van der Waals surface area (Å²) in [6, 6.07) is 5.75. The highest BCUT2D eigenvalue weighted by atomic mass is 16.5. The summed E-state index contributed by atoms with van der Waals surface area (Å²) in [7, 11) is 1.40. The minimum atomic E-state index is -1.22. The van der Waals surface area contributed by atoms with Gasteiger partial charge in [-0.3, -0.25) is 5.43 Å². The number of hydrogen-bond donors (Lipinski definition) is 2. The smallest absolute Gasteiger partial charge is 0.338 e. The van der Waals surface area contributed by atoms with Gasteiger partial charge in [-0.25, -0.2) is 4.79 Å². The van der Waals surface area contributed by atoms with Crippen LogP contribution >= 0.6 is 0 Å². The summed E-state index contributed by atoms with van der Waals surface area (Å²) in [5.74, 6) is -0.644. The van der Waals surface area contributed by atoms with Crippen LogP contribution in [0.25, 0.3) is 0 Å². The van der Waals surface area contributed by atoms with Crippen LogP contribution in [0.5, 0.6) is 11.5 Å². The van der Waals surface area contributed by atoms with E-state index in [1.165, 1.54) is 19.2 Å². The molecule has 0 aliphatic carbocycles. The predicted octanol–water partition coefficient (Wildman–Crippen LogP) is 1.61. The topological polar surface area (TPSA) is 128 Å². The number of carboxylic acid groups (broad SMARTS) is 1. The maximum atomic E-state index is 11.2. The molecule has 0 aliphatic rings. The quantitative estimate of drug-likeness (QED) is 0.601. The van der Waals surface area contributed by atoms with Crippen molar-refractivity contribution in [3.05, 3.63) is 17.7 Å². The minimum Gasteiger partial charge on any atom is -0.493 e. The molecule has 0 saturated carbocycles. The highest BCUT2D eigenvalue weighted by Crippen LogP contribution is 2.33. The van der Waals surface area contributed by atoms with E-state index < -0.39 is 11.7 Å². The Balaban J connectivity index is 3.31. The molecule has 2 N–H and O–H groups in total. The maximum Gasteiger partial charge on any atom is 0.338 e. The number of hydrogen-bond acceptors (Lipinski definition) is 7. The van der Waals surface area contributed by atoms with Crippen LogP contribution in [0, 0.1) is 22.7 Å². The molecule has 0 fully saturated rings. The Labute approximate surface area is 120 Å². The summed E-state index contributed by atoms with van der Waals surface area (Å²) in [6.07, 6.45) is 0. The summed E-state index contributed by atoms with van der Waals surface area (Å²) >= 11 is 0. The molecule has 0 aliphatic heterocycles. The number of nitriles is 2. The lowest BCUT2D eigenvalue weighted by molar-refractivity contribution is 0.0697. The van der Waals surface area contributed by atoms with Crippen molar-refractivity contribution in [3.63, 3.8) is 0 Å². The Morgan fingerprint density at radius 2 is 2.05 bits per heavy atom. The van der Waals surface area contributed by atoms with Gasteiger partial charge >= 0.3 is 5.97 Å². The number of carbonyl (C=O) groups is 1. The number of nitrogens with one attached hydrogen (secondary N) is 1. The van der Waals surface area contributed by atoms with Gasteiger partial charge < -0.3 is 14.6 Å². The first kappa shape index (κ1) is 15.8. The lowest BCUT2D eigenvalue weighted by Crippen LogP contribution is -2.06. The van der Waals surface area contributed by atoms with Gasteiger partial charge in [0.05, 0.1) is 25.0 Å². The lowest BCUT2D eigenvalue weighted by atomic mass is 10.1. The molecule has 0 aromatic heterocycles. The molecule has 21 heavy (non-hydrogen) atoms. The Bertz CT molecular complexity index is 639. The van der Waals surface area contributed by atoms with Crippen LogP contribution in [0.1, 0.15) is 17.3 Å². The molecule has 0 spiro atoms. The third-order valence-corrected chi connectivity index (χ3v) is 2.33. The van der Waals surface area contributed by atoms with E-state index in [1.807, 2.05) is 0 Å². The molecule has 1 rings (SSSR count). The van der Waals surface area contributed by atoms with Crippen molar-refractivity contribution in [2.75, 3.05) is 19.1 Å². The average Bonchev–Trinajstić information content (AvgIpc) is 2.48. The molecule has 1 aromatic carbocycles. The fourth-order valence-electron chi connectivity index (χ4n) is 1.45. The van der Waals surface area contributed by atoms with E-state index in [4.69, 9.17) is 20.0 Å². The largest absolute Gasteiger partial charge is 0.493 e. The van der Waals surface area contributed by atoms with Crippen LogP contribution in [-0.2, 0) is 0 Å². The zero-order chi connectivity index (χ0) is 15.8. The molecule has 0 atom stereocenters. The van der Waals surface area contributed by atoms with E-state index in [0.717, 1.165) is 0 Å². The summed E-state index contributed by atoms with van der Waals surface area (Å²) in [4.78, 5) is 11.2. The number of hydrazone groups is 1. The van der Waals surface area contributed by atoms with Crippen LogP contribution < -0.4 is 14.9 Å². The monoisotopic (exact) mass is 288 g/mol. The van der Waals surface area contributed by atoms with Gasteiger partial charge in [-0.15, -0.1) is 0 Å². The van der Waals surface area contributed by atoms with Crippen molar-refractivity contribution in [3.8, 4) is 23.6 Å². The number of rotatable bonds is 6. The SMILES string of the molecule is CCOc1cc(C(=O)O)c(NN=C(C#N)C#N)cc1OC. The number of carboxylic acids is 1. The number of benzene rings is 1. The van der Waals surface area contributed by atoms with Crippen LogP contribution in [0.3, 0.4) is 0 Å². The first-order chi connectivity index (χ1) is 10.1. The van der Waals surface area contributed by atoms with Gasteiger partial charge in [0, 0.05) is 12.1 Å². The second kappa shape index (κ2) is 7.36. The van der Waals surface area contributed by atoms with Crippen molar-refractivity contribution in [2.45, 2.75) is 6.92 Å². The Hall–Kier alpha value is -3.26. The lowest BCUT2D eigenvalue weighted by Gasteiger charge is -2.13. The molecule has 0 saturated heterocycles. The molecule has 1 aromatic rings. The molecule has 0 unspecified atom stereocenters. The van der Waals surface area contributed by atoms with Gasteiger partial charge in [-0.05, 0) is 6.92 Å². The second-order valence-corrected chi connectivity index (χ2v) is 3.58. The first-order valence-corrected chi connectivity index (χ1v) is 5.79. The van der Waals surface area contributed by atoms with Crippen molar-refractivity contribution < 1.29 is 19.4 Å². The van der Waals surface area contributed by atoms with Crippen molar-refractivity contribution >= 4 is 17.4 Å². The van der Waals surface area contributed by atoms with Gasteiger partial charge in [0.2, 0.25) is 5.71 Å². The van der Waals surface area contributed by atoms with Crippen LogP contribution in [0.2, 0.25) is 0 Å². The molecule has 8 heteroatoms. The Kier molecular flexibility index (Phi) is 5.54. The van der Waals surface area contributed by atoms with E-state index in [2.05, 4.69) is 10.5 Å². The zero-order valence-electron chi connectivity index (χ0n) is 11.4. The molecule has 0 bridgehead atoms. The fourth-order valence-corrected chi connectivity index (χ4v) is 1.45. The summed E-state index contributed by atoms with van der Waals surface area (Å²) in [5, 5.41) is 29.9.